The fourth-order valence-corrected chi connectivity index (χ4v) is 1.47. The van der Waals surface area contributed by atoms with Gasteiger partial charge in [-0.3, -0.25) is 4.79 Å². The Labute approximate surface area is 66.1 Å². The van der Waals surface area contributed by atoms with Crippen LogP contribution in [0.4, 0.5) is 0 Å². The summed E-state index contributed by atoms with van der Waals surface area (Å²) < 4.78 is 11.1. The van der Waals surface area contributed by atoms with Crippen LogP contribution in [-0.4, -0.2) is 36.6 Å². The number of carbonyl (C=O) groups is 1. The molecule has 11 heavy (non-hydrogen) atoms. The van der Waals surface area contributed by atoms with Crippen molar-refractivity contribution in [3.63, 3.8) is 0 Å². The molecule has 0 bridgehead atoms. The first-order valence-corrected chi connectivity index (χ1v) is 6.14. The van der Waals surface area contributed by atoms with Crippen LogP contribution in [0.2, 0.25) is 0 Å². The van der Waals surface area contributed by atoms with E-state index in [1.54, 1.807) is 13.3 Å². The van der Waals surface area contributed by atoms with Crippen LogP contribution < -0.4 is 5.73 Å². The summed E-state index contributed by atoms with van der Waals surface area (Å²) in [6.07, 6.45) is 0.695. The van der Waals surface area contributed by atoms with Crippen molar-refractivity contribution in [1.82, 2.24) is 0 Å². The predicted octanol–water partition coefficient (Wildman–Crippen LogP) is 0.411. The van der Waals surface area contributed by atoms with Gasteiger partial charge in [-0.2, -0.15) is 0 Å². The van der Waals surface area contributed by atoms with Crippen LogP contribution in [0.25, 0.3) is 0 Å². The number of carboxylic acids is 1. The van der Waals surface area contributed by atoms with Gasteiger partial charge in [0.25, 0.3) is 0 Å². The number of nitrogens with two attached hydrogens (primary N) is 1. The molecule has 0 aliphatic carbocycles. The van der Waals surface area contributed by atoms with Crippen LogP contribution in [0.5, 0.6) is 0 Å². The van der Waals surface area contributed by atoms with Gasteiger partial charge in [0, 0.05) is 6.16 Å². The molecule has 66 valence electrons. The average molecular weight is 179 g/mol. The zero-order valence-electron chi connectivity index (χ0n) is 6.78. The second-order valence-electron chi connectivity index (χ2n) is 3.03. The monoisotopic (exact) mass is 179 g/mol. The molecule has 0 heterocycles. The van der Waals surface area contributed by atoms with Crippen LogP contribution in [0.15, 0.2) is 0 Å². The summed E-state index contributed by atoms with van der Waals surface area (Å²) in [4.78, 5) is 10.2. The van der Waals surface area contributed by atoms with Gasteiger partial charge in [-0.25, -0.2) is 0 Å². The van der Waals surface area contributed by atoms with Gasteiger partial charge in [-0.05, 0) is 19.8 Å². The van der Waals surface area contributed by atoms with Crippen molar-refractivity contribution in [2.24, 2.45) is 5.73 Å². The van der Waals surface area contributed by atoms with E-state index in [2.05, 4.69) is 0 Å². The maximum atomic E-state index is 11.1. The minimum absolute atomic E-state index is 0.291. The quantitative estimate of drug-likeness (QED) is 0.612. The second-order valence-corrected chi connectivity index (χ2v) is 6.63. The molecule has 0 aromatic heterocycles. The van der Waals surface area contributed by atoms with Gasteiger partial charge in [0.1, 0.15) is 6.04 Å². The highest BCUT2D eigenvalue weighted by Gasteiger charge is 2.15. The molecular weight excluding hydrogens is 165 g/mol. The lowest BCUT2D eigenvalue weighted by Gasteiger charge is -2.08. The average Bonchev–Trinajstić information content (AvgIpc) is 1.80. The molecule has 0 aromatic carbocycles. The van der Waals surface area contributed by atoms with E-state index >= 15 is 0 Å². The van der Waals surface area contributed by atoms with E-state index in [0.717, 1.165) is 0 Å². The minimum Gasteiger partial charge on any atom is -0.480 e. The molecule has 0 spiro atoms. The first kappa shape index (κ1) is 10.7. The van der Waals surface area contributed by atoms with Crippen molar-refractivity contribution < 1.29 is 14.5 Å². The Kier molecular flexibility index (Phi) is 3.76. The Bertz CT molecular complexity index is 186. The minimum atomic E-state index is -2.10. The summed E-state index contributed by atoms with van der Waals surface area (Å²) in [6.45, 7) is 3.25. The van der Waals surface area contributed by atoms with E-state index in [1.807, 2.05) is 0 Å². The van der Waals surface area contributed by atoms with Crippen LogP contribution in [0.3, 0.4) is 0 Å². The molecule has 0 aliphatic rings. The summed E-state index contributed by atoms with van der Waals surface area (Å²) in [6, 6.07) is -0.872. The number of hydrogen-bond acceptors (Lipinski definition) is 3. The van der Waals surface area contributed by atoms with Crippen molar-refractivity contribution >= 4 is 13.1 Å². The smallest absolute Gasteiger partial charge is 0.320 e. The molecule has 4 nitrogen and oxygen atoms in total. The lowest BCUT2D eigenvalue weighted by Crippen LogP contribution is -2.30. The fourth-order valence-electron chi connectivity index (χ4n) is 0.573. The summed E-state index contributed by atoms with van der Waals surface area (Å²) in [5.41, 5.74) is 5.20. The van der Waals surface area contributed by atoms with Gasteiger partial charge in [0.05, 0.1) is 7.14 Å². The van der Waals surface area contributed by atoms with Crippen molar-refractivity contribution in [2.45, 2.75) is 12.5 Å². The van der Waals surface area contributed by atoms with Crippen molar-refractivity contribution in [2.75, 3.05) is 19.5 Å². The third-order valence-corrected chi connectivity index (χ3v) is 2.63. The summed E-state index contributed by atoms with van der Waals surface area (Å²) >= 11 is 0. The summed E-state index contributed by atoms with van der Waals surface area (Å²) in [7, 11) is -2.10. The fraction of sp³-hybridized carbons (Fsp3) is 0.833. The van der Waals surface area contributed by atoms with Crippen LogP contribution in [0.1, 0.15) is 6.42 Å². The highest BCUT2D eigenvalue weighted by atomic mass is 31.2. The van der Waals surface area contributed by atoms with Gasteiger partial charge in [-0.1, -0.05) is 0 Å². The number of aliphatic carboxylic acids is 1. The number of hydrogen-bond donors (Lipinski definition) is 2. The largest absolute Gasteiger partial charge is 0.480 e. The topological polar surface area (TPSA) is 80.4 Å². The molecule has 0 aliphatic heterocycles. The number of carboxylic acid groups (broad SMARTS) is 1. The SMILES string of the molecule is CP(C)(=O)CC[C@@H](N)C(=O)O. The van der Waals surface area contributed by atoms with Crippen molar-refractivity contribution in [1.29, 1.82) is 0 Å². The lowest BCUT2D eigenvalue weighted by molar-refractivity contribution is -0.138. The predicted molar refractivity (Wildman–Crippen MR) is 44.5 cm³/mol. The zero-order chi connectivity index (χ0) is 9.07. The maximum absolute atomic E-state index is 11.1. The highest BCUT2D eigenvalue weighted by Crippen LogP contribution is 2.36. The van der Waals surface area contributed by atoms with Gasteiger partial charge in [0.15, 0.2) is 0 Å². The van der Waals surface area contributed by atoms with Crippen molar-refractivity contribution in [3.8, 4) is 0 Å². The Morgan fingerprint density at radius 3 is 2.36 bits per heavy atom. The summed E-state index contributed by atoms with van der Waals surface area (Å²) in [5, 5.41) is 8.36. The van der Waals surface area contributed by atoms with E-state index in [-0.39, 0.29) is 0 Å². The molecule has 0 amide bonds. The van der Waals surface area contributed by atoms with E-state index in [1.165, 1.54) is 0 Å². The maximum Gasteiger partial charge on any atom is 0.320 e. The highest BCUT2D eigenvalue weighted by molar-refractivity contribution is 7.62. The van der Waals surface area contributed by atoms with Gasteiger partial charge in [-0.15, -0.1) is 0 Å². The molecular formula is C6H14NO3P. The Morgan fingerprint density at radius 2 is 2.09 bits per heavy atom. The molecule has 0 rings (SSSR count). The standard InChI is InChI=1S/C6H14NO3P/c1-11(2,10)4-3-5(7)6(8)9/h5H,3-4,7H2,1-2H3,(H,8,9)/t5-/m1/s1. The molecule has 0 unspecified atom stereocenters. The van der Waals surface area contributed by atoms with Crippen LogP contribution >= 0.6 is 7.14 Å². The van der Waals surface area contributed by atoms with E-state index < -0.39 is 19.2 Å². The van der Waals surface area contributed by atoms with E-state index in [9.17, 15) is 9.36 Å². The van der Waals surface area contributed by atoms with Crippen LogP contribution in [-0.2, 0) is 9.36 Å². The van der Waals surface area contributed by atoms with Gasteiger partial charge in [0.2, 0.25) is 0 Å². The molecule has 0 saturated carbocycles. The molecule has 1 atom stereocenters. The molecule has 0 aromatic rings. The molecule has 0 fully saturated rings. The first-order valence-electron chi connectivity index (χ1n) is 3.35. The lowest BCUT2D eigenvalue weighted by atomic mass is 10.2. The van der Waals surface area contributed by atoms with Gasteiger partial charge < -0.3 is 15.4 Å². The normalized spacial score (nSPS) is 14.5. The Morgan fingerprint density at radius 1 is 1.64 bits per heavy atom. The first-order chi connectivity index (χ1) is 4.83. The summed E-state index contributed by atoms with van der Waals surface area (Å²) in [5.74, 6) is -1.03. The second kappa shape index (κ2) is 3.88. The van der Waals surface area contributed by atoms with E-state index in [4.69, 9.17) is 10.8 Å². The zero-order valence-corrected chi connectivity index (χ0v) is 7.67. The van der Waals surface area contributed by atoms with Crippen molar-refractivity contribution in [3.05, 3.63) is 0 Å². The third-order valence-electron chi connectivity index (χ3n) is 1.30. The Balaban J connectivity index is 3.72. The number of rotatable bonds is 4. The molecule has 0 saturated heterocycles. The molecule has 5 heteroatoms. The van der Waals surface area contributed by atoms with Gasteiger partial charge >= 0.3 is 5.97 Å². The molecule has 0 radical (unpaired) electrons. The molecule has 3 N–H and O–H groups in total. The van der Waals surface area contributed by atoms with E-state index in [0.29, 0.717) is 12.6 Å². The van der Waals surface area contributed by atoms with Crippen LogP contribution in [0, 0.1) is 0 Å². The Hall–Kier alpha value is -0.340. The third kappa shape index (κ3) is 6.07.